The van der Waals surface area contributed by atoms with Gasteiger partial charge in [0.15, 0.2) is 0 Å². The van der Waals surface area contributed by atoms with Gasteiger partial charge in [-0.1, -0.05) is 163 Å². The number of hydrogen-bond donors (Lipinski definition) is 0. The van der Waals surface area contributed by atoms with Crippen LogP contribution >= 0.6 is 0 Å². The predicted molar refractivity (Wildman–Crippen MR) is 256 cm³/mol. The number of benzene rings is 8. The topological polar surface area (TPSA) is 19.6 Å². The molecule has 11 rings (SSSR count). The van der Waals surface area contributed by atoms with Crippen LogP contribution in [0, 0.1) is 0 Å². The van der Waals surface area contributed by atoms with Gasteiger partial charge in [-0.25, -0.2) is 0 Å². The molecule has 2 aliphatic rings. The van der Waals surface area contributed by atoms with Crippen LogP contribution in [0.25, 0.3) is 44.2 Å². The summed E-state index contributed by atoms with van der Waals surface area (Å²) in [5.41, 5.74) is 15.5. The summed E-state index contributed by atoms with van der Waals surface area (Å²) in [6, 6.07) is 49.7. The molecule has 2 aliphatic heterocycles. The van der Waals surface area contributed by atoms with Crippen molar-refractivity contribution in [1.29, 1.82) is 0 Å². The third-order valence-electron chi connectivity index (χ3n) is 12.5. The molecular formula is C56H47BN2O. The zero-order valence-corrected chi connectivity index (χ0v) is 34.7. The van der Waals surface area contributed by atoms with Gasteiger partial charge < -0.3 is 14.2 Å². The Balaban J connectivity index is 1.21. The molecular weight excluding hydrogens is 727 g/mol. The van der Waals surface area contributed by atoms with E-state index in [-0.39, 0.29) is 47.4 Å². The first-order valence-electron chi connectivity index (χ1n) is 23.3. The van der Waals surface area contributed by atoms with Gasteiger partial charge in [-0.3, -0.25) is 0 Å². The summed E-state index contributed by atoms with van der Waals surface area (Å²) in [6.07, 6.45) is 0. The Morgan fingerprint density at radius 3 is 1.87 bits per heavy atom. The van der Waals surface area contributed by atoms with Gasteiger partial charge in [-0.15, -0.1) is 0 Å². The second kappa shape index (κ2) is 13.4. The average molecular weight is 780 g/mol. The van der Waals surface area contributed by atoms with Crippen molar-refractivity contribution in [3.8, 4) is 22.3 Å². The van der Waals surface area contributed by atoms with Crippen LogP contribution < -0.4 is 26.2 Å². The van der Waals surface area contributed by atoms with E-state index in [1.165, 1.54) is 5.56 Å². The molecule has 3 nitrogen and oxygen atoms in total. The Labute approximate surface area is 360 Å². The van der Waals surface area contributed by atoms with Gasteiger partial charge in [0.2, 0.25) is 0 Å². The lowest BCUT2D eigenvalue weighted by Gasteiger charge is -2.45. The van der Waals surface area contributed by atoms with Crippen LogP contribution in [0.15, 0.2) is 180 Å². The maximum Gasteiger partial charge on any atom is 0.252 e. The lowest BCUT2D eigenvalue weighted by atomic mass is 9.33. The first-order valence-corrected chi connectivity index (χ1v) is 20.8. The molecule has 0 radical (unpaired) electrons. The highest BCUT2D eigenvalue weighted by Crippen LogP contribution is 2.47. The summed E-state index contributed by atoms with van der Waals surface area (Å²) >= 11 is 0. The SMILES string of the molecule is [2H]c1c([2H])c([2H])c(N2c3ccc(-c4ccccc4)cc3B3c4ccc(C(C)(C)C)cc4N(c4ccc(-c5cccc6c5oc5ccccc56)cc4)c4cc(C(C)(C)C)cc2c43)c([2H])c1[2H]. The minimum atomic E-state index is -0.418. The molecule has 60 heavy (non-hydrogen) atoms. The molecule has 3 heterocycles. The molecule has 0 bridgehead atoms. The Hall–Kier alpha value is -6.78. The summed E-state index contributed by atoms with van der Waals surface area (Å²) in [4.78, 5) is 4.32. The number of fused-ring (bicyclic) bond motifs is 7. The van der Waals surface area contributed by atoms with E-state index in [9.17, 15) is 2.74 Å². The smallest absolute Gasteiger partial charge is 0.252 e. The zero-order valence-electron chi connectivity index (χ0n) is 39.7. The summed E-state index contributed by atoms with van der Waals surface area (Å²) in [6.45, 7) is 13.1. The molecule has 0 spiro atoms. The number of furan rings is 1. The number of rotatable bonds is 4. The quantitative estimate of drug-likeness (QED) is 0.166. The molecule has 0 saturated carbocycles. The van der Waals surface area contributed by atoms with Gasteiger partial charge in [0, 0.05) is 50.5 Å². The van der Waals surface area contributed by atoms with Gasteiger partial charge >= 0.3 is 0 Å². The second-order valence-corrected chi connectivity index (χ2v) is 18.2. The van der Waals surface area contributed by atoms with Crippen molar-refractivity contribution in [2.45, 2.75) is 52.4 Å². The minimum absolute atomic E-state index is 0.126. The number of anilines is 6. The highest BCUT2D eigenvalue weighted by Gasteiger charge is 2.44. The summed E-state index contributed by atoms with van der Waals surface area (Å²) in [7, 11) is 0. The van der Waals surface area contributed by atoms with Gasteiger partial charge in [0.05, 0.1) is 6.85 Å². The van der Waals surface area contributed by atoms with Crippen LogP contribution in [0.3, 0.4) is 0 Å². The van der Waals surface area contributed by atoms with Crippen LogP contribution in [0.4, 0.5) is 34.1 Å². The Morgan fingerprint density at radius 1 is 0.483 bits per heavy atom. The molecule has 8 aromatic carbocycles. The lowest BCUT2D eigenvalue weighted by Crippen LogP contribution is -2.61. The van der Waals surface area contributed by atoms with Gasteiger partial charge in [-0.05, 0) is 110 Å². The first-order chi connectivity index (χ1) is 31.1. The second-order valence-electron chi connectivity index (χ2n) is 18.2. The molecule has 290 valence electrons. The summed E-state index contributed by atoms with van der Waals surface area (Å²) in [5, 5.41) is 2.17. The van der Waals surface area contributed by atoms with Crippen molar-refractivity contribution in [2.75, 3.05) is 9.80 Å². The third kappa shape index (κ3) is 5.73. The molecule has 0 fully saturated rings. The molecule has 0 unspecified atom stereocenters. The van der Waals surface area contributed by atoms with Crippen LogP contribution in [0.2, 0.25) is 0 Å². The number of nitrogens with zero attached hydrogens (tertiary/aromatic N) is 2. The summed E-state index contributed by atoms with van der Waals surface area (Å²) in [5.74, 6) is 0. The Kier molecular flexibility index (Phi) is 6.95. The molecule has 0 atom stereocenters. The molecule has 0 aliphatic carbocycles. The van der Waals surface area contributed by atoms with Crippen LogP contribution in [0.1, 0.15) is 59.5 Å². The fourth-order valence-corrected chi connectivity index (χ4v) is 9.35. The van der Waals surface area contributed by atoms with E-state index in [2.05, 4.69) is 156 Å². The molecule has 1 aromatic heterocycles. The maximum atomic E-state index is 9.39. The van der Waals surface area contributed by atoms with Crippen molar-refractivity contribution >= 4 is 79.2 Å². The van der Waals surface area contributed by atoms with Crippen molar-refractivity contribution in [2.24, 2.45) is 0 Å². The first kappa shape index (κ1) is 31.2. The molecule has 0 amide bonds. The fraction of sp³-hybridized carbons (Fsp3) is 0.143. The van der Waals surface area contributed by atoms with Crippen LogP contribution in [0.5, 0.6) is 0 Å². The van der Waals surface area contributed by atoms with Gasteiger partial charge in [-0.2, -0.15) is 0 Å². The molecule has 0 saturated heterocycles. The highest BCUT2D eigenvalue weighted by molar-refractivity contribution is 7.00. The highest BCUT2D eigenvalue weighted by atomic mass is 16.3. The largest absolute Gasteiger partial charge is 0.455 e. The van der Waals surface area contributed by atoms with Crippen molar-refractivity contribution in [3.05, 3.63) is 187 Å². The molecule has 0 N–H and O–H groups in total. The summed E-state index contributed by atoms with van der Waals surface area (Å²) < 4.78 is 51.5. The predicted octanol–water partition coefficient (Wildman–Crippen LogP) is 13.6. The van der Waals surface area contributed by atoms with Gasteiger partial charge in [0.25, 0.3) is 6.71 Å². The maximum absolute atomic E-state index is 9.39. The molecule has 4 heteroatoms. The number of hydrogen-bond acceptors (Lipinski definition) is 3. The van der Waals surface area contributed by atoms with Crippen molar-refractivity contribution < 1.29 is 11.3 Å². The third-order valence-corrected chi connectivity index (χ3v) is 12.5. The van der Waals surface area contributed by atoms with Crippen molar-refractivity contribution in [3.63, 3.8) is 0 Å². The van der Waals surface area contributed by atoms with E-state index in [1.807, 2.05) is 41.3 Å². The Morgan fingerprint density at radius 2 is 1.13 bits per heavy atom. The monoisotopic (exact) mass is 779 g/mol. The lowest BCUT2D eigenvalue weighted by molar-refractivity contribution is 0.590. The van der Waals surface area contributed by atoms with E-state index in [0.717, 1.165) is 94.6 Å². The van der Waals surface area contributed by atoms with E-state index in [1.54, 1.807) is 0 Å². The van der Waals surface area contributed by atoms with E-state index in [4.69, 9.17) is 8.53 Å². The van der Waals surface area contributed by atoms with Gasteiger partial charge in [0.1, 0.15) is 11.2 Å². The minimum Gasteiger partial charge on any atom is -0.455 e. The van der Waals surface area contributed by atoms with Crippen LogP contribution in [-0.4, -0.2) is 6.71 Å². The van der Waals surface area contributed by atoms with Crippen LogP contribution in [-0.2, 0) is 10.8 Å². The fourth-order valence-electron chi connectivity index (χ4n) is 9.35. The van der Waals surface area contributed by atoms with E-state index < -0.39 is 6.04 Å². The standard InChI is InChI=1S/C56H47BN2O/c1-55(2,3)39-27-30-46-49(33-39)59(42-28-24-37(25-29-42)43-21-15-22-45-44-20-13-14-23-52(44)60-54(43)45)51-35-40(56(4,5)6)34-50-53(51)57(46)47-32-38(36-16-9-7-10-17-36)26-31-48(47)58(50)41-18-11-8-12-19-41/h7-35H,1-6H3/i8D,11D,12D,18D,19D. The van der Waals surface area contributed by atoms with E-state index in [0.29, 0.717) is 0 Å². The van der Waals surface area contributed by atoms with E-state index >= 15 is 0 Å². The molecule has 9 aromatic rings. The Bertz CT molecular complexity index is 3390. The van der Waals surface area contributed by atoms with Crippen molar-refractivity contribution in [1.82, 2.24) is 0 Å². The normalized spacial score (nSPS) is 14.6. The zero-order chi connectivity index (χ0) is 45.3. The number of para-hydroxylation sites is 3. The average Bonchev–Trinajstić information content (AvgIpc) is 3.69.